The smallest absolute Gasteiger partial charge is 0.134 e. The molecule has 110 valence electrons. The summed E-state index contributed by atoms with van der Waals surface area (Å²) < 4.78 is 8.70. The van der Waals surface area contributed by atoms with Crippen molar-refractivity contribution in [3.63, 3.8) is 0 Å². The van der Waals surface area contributed by atoms with E-state index in [-0.39, 0.29) is 0 Å². The molecule has 0 radical (unpaired) electrons. The van der Waals surface area contributed by atoms with Gasteiger partial charge in [-0.1, -0.05) is 95.6 Å². The predicted octanol–water partition coefficient (Wildman–Crippen LogP) is 5.24. The van der Waals surface area contributed by atoms with Crippen LogP contribution in [0.15, 0.2) is 0 Å². The zero-order valence-electron chi connectivity index (χ0n) is 9.16. The highest BCUT2D eigenvalue weighted by Crippen LogP contribution is 2.28. The van der Waals surface area contributed by atoms with Crippen molar-refractivity contribution < 1.29 is 14.4 Å². The van der Waals surface area contributed by atoms with Gasteiger partial charge in [-0.05, 0) is 12.8 Å². The van der Waals surface area contributed by atoms with Crippen LogP contribution in [0.5, 0.6) is 0 Å². The molecule has 0 amide bonds. The van der Waals surface area contributed by atoms with Crippen LogP contribution in [0.25, 0.3) is 0 Å². The maximum Gasteiger partial charge on any atom is 0.692 e. The van der Waals surface area contributed by atoms with Crippen LogP contribution in [0, 0.1) is 0 Å². The SMILES string of the molecule is BrCC(Br)CC(Br)C(Br)CC(Br)CBr.O=[P+](O)O. The topological polar surface area (TPSA) is 57.5 Å². The van der Waals surface area contributed by atoms with Gasteiger partial charge in [0.25, 0.3) is 0 Å². The lowest BCUT2D eigenvalue weighted by Gasteiger charge is -2.20. The monoisotopic (exact) mass is 663 g/mol. The van der Waals surface area contributed by atoms with Crippen LogP contribution in [0.1, 0.15) is 12.8 Å². The minimum Gasteiger partial charge on any atom is -0.134 e. The van der Waals surface area contributed by atoms with Crippen LogP contribution in [-0.2, 0) is 4.57 Å². The molecule has 0 saturated carbocycles. The number of rotatable bonds is 7. The predicted molar refractivity (Wildman–Crippen MR) is 99.7 cm³/mol. The maximum atomic E-state index is 8.70. The Kier molecular flexibility index (Phi) is 19.1. The van der Waals surface area contributed by atoms with Gasteiger partial charge >= 0.3 is 8.25 Å². The van der Waals surface area contributed by atoms with E-state index in [9.17, 15) is 0 Å². The van der Waals surface area contributed by atoms with Crippen molar-refractivity contribution in [3.8, 4) is 0 Å². The Morgan fingerprint density at radius 3 is 1.22 bits per heavy atom. The van der Waals surface area contributed by atoms with E-state index < -0.39 is 8.25 Å². The first-order valence-corrected chi connectivity index (χ1v) is 11.8. The van der Waals surface area contributed by atoms with Crippen LogP contribution in [0.3, 0.4) is 0 Å². The molecular formula is C8H14Br6O3P+. The highest BCUT2D eigenvalue weighted by atomic mass is 79.9. The molecule has 10 heteroatoms. The summed E-state index contributed by atoms with van der Waals surface area (Å²) in [6, 6.07) is 0. The van der Waals surface area contributed by atoms with Gasteiger partial charge in [-0.3, -0.25) is 0 Å². The molecule has 0 bridgehead atoms. The van der Waals surface area contributed by atoms with E-state index in [4.69, 9.17) is 14.4 Å². The van der Waals surface area contributed by atoms with E-state index in [0.717, 1.165) is 23.5 Å². The van der Waals surface area contributed by atoms with Crippen molar-refractivity contribution in [2.75, 3.05) is 10.7 Å². The zero-order chi connectivity index (χ0) is 14.7. The summed E-state index contributed by atoms with van der Waals surface area (Å²) in [6.45, 7) is 0. The van der Waals surface area contributed by atoms with Gasteiger partial charge < -0.3 is 0 Å². The van der Waals surface area contributed by atoms with Gasteiger partial charge in [-0.15, -0.1) is 9.79 Å². The lowest BCUT2D eigenvalue weighted by Crippen LogP contribution is -2.22. The van der Waals surface area contributed by atoms with Gasteiger partial charge in [-0.2, -0.15) is 0 Å². The Hall–Kier alpha value is 2.90. The second kappa shape index (κ2) is 14.8. The zero-order valence-corrected chi connectivity index (χ0v) is 19.6. The van der Waals surface area contributed by atoms with Gasteiger partial charge in [0.05, 0.1) is 0 Å². The van der Waals surface area contributed by atoms with E-state index >= 15 is 0 Å². The lowest BCUT2D eigenvalue weighted by molar-refractivity contribution is 0.405. The summed E-state index contributed by atoms with van der Waals surface area (Å²) in [5, 5.41) is 1.98. The molecule has 2 N–H and O–H groups in total. The second-order valence-electron chi connectivity index (χ2n) is 3.26. The minimum absolute atomic E-state index is 0.503. The fraction of sp³-hybridized carbons (Fsp3) is 1.00. The molecule has 0 aromatic rings. The normalized spacial score (nSPS) is 17.1. The molecule has 0 aliphatic carbocycles. The lowest BCUT2D eigenvalue weighted by atomic mass is 10.1. The molecular weight excluding hydrogens is 654 g/mol. The Bertz CT molecular complexity index is 203. The van der Waals surface area contributed by atoms with Crippen molar-refractivity contribution >= 4 is 104 Å². The first kappa shape index (κ1) is 23.2. The van der Waals surface area contributed by atoms with Crippen LogP contribution in [0.2, 0.25) is 0 Å². The third kappa shape index (κ3) is 17.0. The highest BCUT2D eigenvalue weighted by molar-refractivity contribution is 9.13. The Morgan fingerprint density at radius 2 is 1.06 bits per heavy atom. The summed E-state index contributed by atoms with van der Waals surface area (Å²) in [5.41, 5.74) is 0. The van der Waals surface area contributed by atoms with Gasteiger partial charge in [0.15, 0.2) is 0 Å². The molecule has 0 heterocycles. The fourth-order valence-corrected chi connectivity index (χ4v) is 4.58. The van der Waals surface area contributed by atoms with Gasteiger partial charge in [0.1, 0.15) is 0 Å². The van der Waals surface area contributed by atoms with Crippen molar-refractivity contribution in [2.24, 2.45) is 0 Å². The molecule has 0 spiro atoms. The van der Waals surface area contributed by atoms with Crippen molar-refractivity contribution in [3.05, 3.63) is 0 Å². The average Bonchev–Trinajstić information content (AvgIpc) is 2.27. The first-order chi connectivity index (χ1) is 8.24. The third-order valence-electron chi connectivity index (χ3n) is 1.69. The Labute approximate surface area is 159 Å². The summed E-state index contributed by atoms with van der Waals surface area (Å²) in [6.07, 6.45) is 2.23. The van der Waals surface area contributed by atoms with E-state index in [1.165, 1.54) is 0 Å². The molecule has 0 rings (SSSR count). The van der Waals surface area contributed by atoms with Gasteiger partial charge in [0.2, 0.25) is 0 Å². The van der Waals surface area contributed by atoms with Crippen LogP contribution in [-0.4, -0.2) is 39.8 Å². The van der Waals surface area contributed by atoms with Crippen LogP contribution < -0.4 is 0 Å². The van der Waals surface area contributed by atoms with E-state index in [2.05, 4.69) is 95.6 Å². The molecule has 0 saturated heterocycles. The van der Waals surface area contributed by atoms with Crippen LogP contribution in [0.4, 0.5) is 0 Å². The molecule has 4 atom stereocenters. The highest BCUT2D eigenvalue weighted by Gasteiger charge is 2.21. The molecule has 0 aliphatic heterocycles. The van der Waals surface area contributed by atoms with Gasteiger partial charge in [-0.25, -0.2) is 0 Å². The van der Waals surface area contributed by atoms with E-state index in [1.54, 1.807) is 0 Å². The fourth-order valence-electron chi connectivity index (χ4n) is 0.910. The molecule has 0 aliphatic rings. The van der Waals surface area contributed by atoms with Crippen molar-refractivity contribution in [1.82, 2.24) is 0 Å². The molecule has 18 heavy (non-hydrogen) atoms. The second-order valence-corrected chi connectivity index (χ2v) is 10.0. The average molecular weight is 669 g/mol. The van der Waals surface area contributed by atoms with E-state index in [0.29, 0.717) is 19.3 Å². The summed E-state index contributed by atoms with van der Waals surface area (Å²) in [7, 11) is -2.87. The molecule has 4 unspecified atom stereocenters. The van der Waals surface area contributed by atoms with Crippen molar-refractivity contribution in [2.45, 2.75) is 32.2 Å². The molecule has 0 aromatic carbocycles. The number of halogens is 6. The number of alkyl halides is 6. The maximum absolute atomic E-state index is 8.70. The Morgan fingerprint density at radius 1 is 0.833 bits per heavy atom. The quantitative estimate of drug-likeness (QED) is 0.289. The molecule has 0 aromatic heterocycles. The number of hydrogen-bond acceptors (Lipinski definition) is 1. The van der Waals surface area contributed by atoms with E-state index in [1.807, 2.05) is 0 Å². The van der Waals surface area contributed by atoms with Crippen molar-refractivity contribution in [1.29, 1.82) is 0 Å². The largest absolute Gasteiger partial charge is 0.692 e. The summed E-state index contributed by atoms with van der Waals surface area (Å²) >= 11 is 21.6. The number of hydrogen-bond donors (Lipinski definition) is 2. The van der Waals surface area contributed by atoms with Crippen LogP contribution >= 0.6 is 104 Å². The molecule has 3 nitrogen and oxygen atoms in total. The third-order valence-corrected chi connectivity index (χ3v) is 9.12. The Balaban J connectivity index is 0. The summed E-state index contributed by atoms with van der Waals surface area (Å²) in [5.74, 6) is 0. The summed E-state index contributed by atoms with van der Waals surface area (Å²) in [4.78, 5) is 16.3. The standard InChI is InChI=1S/C8H12Br6.HO3P/c9-3-5(11)1-7(13)8(14)2-6(12)4-10;1-4(2)3/h5-8H,1-4H2;(H-,1,2,3)/p+1. The van der Waals surface area contributed by atoms with Gasteiger partial charge in [0, 0.05) is 34.5 Å². The molecule has 0 fully saturated rings. The first-order valence-electron chi connectivity index (χ1n) is 4.77. The minimum atomic E-state index is -2.87.